The summed E-state index contributed by atoms with van der Waals surface area (Å²) in [5, 5.41) is 17.7. The predicted octanol–water partition coefficient (Wildman–Crippen LogP) is -2.25. The molecule has 0 aromatic rings. The van der Waals surface area contributed by atoms with E-state index in [2.05, 4.69) is 4.84 Å². The van der Waals surface area contributed by atoms with Gasteiger partial charge in [-0.25, -0.2) is 9.69 Å². The third-order valence-electron chi connectivity index (χ3n) is 3.56. The average molecular weight is 364 g/mol. The summed E-state index contributed by atoms with van der Waals surface area (Å²) < 4.78 is 32.1. The molecule has 0 saturated carbocycles. The minimum absolute atomic E-state index is 0.119. The first-order valence-corrected chi connectivity index (χ1v) is 8.43. The maximum Gasteiger partial charge on any atom is 0.334 e. The lowest BCUT2D eigenvalue weighted by Gasteiger charge is -2.27. The van der Waals surface area contributed by atoms with Gasteiger partial charge >= 0.3 is 5.97 Å². The van der Waals surface area contributed by atoms with Crippen LogP contribution in [0.5, 0.6) is 0 Å². The van der Waals surface area contributed by atoms with Gasteiger partial charge in [0.1, 0.15) is 17.7 Å². The number of carbonyl (C=O) groups is 3. The van der Waals surface area contributed by atoms with E-state index >= 15 is 0 Å². The molecule has 1 saturated heterocycles. The van der Waals surface area contributed by atoms with E-state index in [4.69, 9.17) is 0 Å². The second kappa shape index (κ2) is 6.94. The van der Waals surface area contributed by atoms with Crippen molar-refractivity contribution in [2.75, 3.05) is 6.54 Å². The molecule has 2 aliphatic rings. The summed E-state index contributed by atoms with van der Waals surface area (Å²) in [5.74, 6) is -2.69. The Kier molecular flexibility index (Phi) is 5.35. The number of aliphatic hydroxyl groups excluding tert-OH is 2. The summed E-state index contributed by atoms with van der Waals surface area (Å²) in [6, 6.07) is 0. The zero-order valence-electron chi connectivity index (χ0n) is 12.3. The molecule has 0 radical (unpaired) electrons. The van der Waals surface area contributed by atoms with Crippen LogP contribution < -0.4 is 0 Å². The van der Waals surface area contributed by atoms with Crippen LogP contribution in [0, 0.1) is 0 Å². The molecule has 2 rings (SSSR count). The molecule has 0 spiro atoms. The van der Waals surface area contributed by atoms with Gasteiger partial charge < -0.3 is 15.1 Å². The molecular weight excluding hydrogens is 348 g/mol. The molecule has 0 bridgehead atoms. The number of rotatable bonds is 6. The summed E-state index contributed by atoms with van der Waals surface area (Å²) in [7, 11) is -4.74. The molecule has 2 aliphatic heterocycles. The van der Waals surface area contributed by atoms with Crippen molar-refractivity contribution in [3.05, 3.63) is 12.2 Å². The Morgan fingerprint density at radius 2 is 1.71 bits per heavy atom. The minimum Gasteiger partial charge on any atom is -0.375 e. The number of hydroxylamine groups is 2. The molecule has 134 valence electrons. The van der Waals surface area contributed by atoms with Crippen molar-refractivity contribution >= 4 is 27.9 Å². The average Bonchev–Trinajstić information content (AvgIpc) is 2.95. The zero-order chi connectivity index (χ0) is 18.1. The Hall–Kier alpha value is -1.86. The highest BCUT2D eigenvalue weighted by molar-refractivity contribution is 7.86. The SMILES string of the molecule is O=C(CC(CN1C(O)C=CC1O)S(=O)(=O)O)ON1C(=O)CCC1=O. The smallest absolute Gasteiger partial charge is 0.334 e. The van der Waals surface area contributed by atoms with Crippen molar-refractivity contribution in [1.82, 2.24) is 9.96 Å². The van der Waals surface area contributed by atoms with Gasteiger partial charge in [0.2, 0.25) is 0 Å². The maximum absolute atomic E-state index is 11.8. The minimum atomic E-state index is -4.74. The van der Waals surface area contributed by atoms with E-state index in [-0.39, 0.29) is 17.9 Å². The fourth-order valence-corrected chi connectivity index (χ4v) is 2.98. The molecule has 3 unspecified atom stereocenters. The first kappa shape index (κ1) is 18.5. The third kappa shape index (κ3) is 4.15. The molecule has 12 heteroatoms. The van der Waals surface area contributed by atoms with Crippen LogP contribution >= 0.6 is 0 Å². The highest BCUT2D eigenvalue weighted by atomic mass is 32.2. The Bertz CT molecular complexity index is 646. The van der Waals surface area contributed by atoms with Crippen molar-refractivity contribution in [2.24, 2.45) is 0 Å². The van der Waals surface area contributed by atoms with Gasteiger partial charge in [0.05, 0.1) is 6.42 Å². The van der Waals surface area contributed by atoms with Crippen LogP contribution in [-0.2, 0) is 29.3 Å². The van der Waals surface area contributed by atoms with Crippen LogP contribution in [0.4, 0.5) is 0 Å². The first-order valence-electron chi connectivity index (χ1n) is 6.92. The predicted molar refractivity (Wildman–Crippen MR) is 75.0 cm³/mol. The standard InChI is InChI=1S/C12H16N2O9S/c15-8-1-2-9(16)13(8)6-7(24(20,21)22)5-12(19)23-14-10(17)3-4-11(14)18/h1-2,7-9,15-16H,3-6H2,(H,20,21,22). The lowest BCUT2D eigenvalue weighted by atomic mass is 10.3. The Morgan fingerprint density at radius 3 is 2.17 bits per heavy atom. The van der Waals surface area contributed by atoms with E-state index in [1.807, 2.05) is 0 Å². The number of nitrogens with zero attached hydrogens (tertiary/aromatic N) is 2. The summed E-state index contributed by atoms with van der Waals surface area (Å²) in [4.78, 5) is 39.9. The molecule has 1 fully saturated rings. The molecule has 0 aromatic heterocycles. The van der Waals surface area contributed by atoms with Crippen molar-refractivity contribution < 1.29 is 42.4 Å². The van der Waals surface area contributed by atoms with Crippen LogP contribution in [0.2, 0.25) is 0 Å². The summed E-state index contributed by atoms with van der Waals surface area (Å²) in [6.45, 7) is -0.578. The highest BCUT2D eigenvalue weighted by Gasteiger charge is 2.37. The molecule has 0 aliphatic carbocycles. The normalized spacial score (nSPS) is 26.2. The van der Waals surface area contributed by atoms with Crippen LogP contribution in [0.15, 0.2) is 12.2 Å². The fourth-order valence-electron chi connectivity index (χ4n) is 2.27. The van der Waals surface area contributed by atoms with Gasteiger partial charge in [-0.15, -0.1) is 5.06 Å². The van der Waals surface area contributed by atoms with E-state index < -0.39 is 58.6 Å². The quantitative estimate of drug-likeness (QED) is 0.266. The molecule has 3 N–H and O–H groups in total. The van der Waals surface area contributed by atoms with Crippen LogP contribution in [0.3, 0.4) is 0 Å². The second-order valence-corrected chi connectivity index (χ2v) is 6.99. The molecular formula is C12H16N2O9S. The summed E-state index contributed by atoms with van der Waals surface area (Å²) in [5.41, 5.74) is 0. The van der Waals surface area contributed by atoms with E-state index in [1.54, 1.807) is 0 Å². The van der Waals surface area contributed by atoms with Crippen molar-refractivity contribution in [3.63, 3.8) is 0 Å². The Morgan fingerprint density at radius 1 is 1.21 bits per heavy atom. The fraction of sp³-hybridized carbons (Fsp3) is 0.583. The first-order chi connectivity index (χ1) is 11.1. The largest absolute Gasteiger partial charge is 0.375 e. The second-order valence-electron chi connectivity index (χ2n) is 5.30. The van der Waals surface area contributed by atoms with Gasteiger partial charge in [0.15, 0.2) is 0 Å². The highest BCUT2D eigenvalue weighted by Crippen LogP contribution is 2.19. The third-order valence-corrected chi connectivity index (χ3v) is 4.72. The van der Waals surface area contributed by atoms with Gasteiger partial charge in [-0.2, -0.15) is 8.42 Å². The molecule has 11 nitrogen and oxygen atoms in total. The summed E-state index contributed by atoms with van der Waals surface area (Å²) >= 11 is 0. The van der Waals surface area contributed by atoms with Crippen molar-refractivity contribution in [2.45, 2.75) is 37.0 Å². The van der Waals surface area contributed by atoms with Gasteiger partial charge in [-0.3, -0.25) is 14.1 Å². The van der Waals surface area contributed by atoms with Crippen LogP contribution in [0.1, 0.15) is 19.3 Å². The van der Waals surface area contributed by atoms with Gasteiger partial charge in [0, 0.05) is 19.4 Å². The van der Waals surface area contributed by atoms with Crippen LogP contribution in [0.25, 0.3) is 0 Å². The maximum atomic E-state index is 11.8. The van der Waals surface area contributed by atoms with Gasteiger partial charge in [0.25, 0.3) is 21.9 Å². The molecule has 2 amide bonds. The lowest BCUT2D eigenvalue weighted by molar-refractivity contribution is -0.197. The Labute approximate surface area is 136 Å². The number of carbonyl (C=O) groups excluding carboxylic acids is 3. The van der Waals surface area contributed by atoms with Crippen LogP contribution in [-0.4, -0.2) is 75.2 Å². The van der Waals surface area contributed by atoms with Crippen molar-refractivity contribution in [1.29, 1.82) is 0 Å². The molecule has 2 heterocycles. The van der Waals surface area contributed by atoms with E-state index in [0.717, 1.165) is 4.90 Å². The monoisotopic (exact) mass is 364 g/mol. The topological polar surface area (TPSA) is 162 Å². The molecule has 3 atom stereocenters. The van der Waals surface area contributed by atoms with E-state index in [9.17, 15) is 37.6 Å². The molecule has 0 aromatic carbocycles. The summed E-state index contributed by atoms with van der Waals surface area (Å²) in [6.07, 6.45) is -1.30. The van der Waals surface area contributed by atoms with Crippen molar-refractivity contribution in [3.8, 4) is 0 Å². The molecule has 24 heavy (non-hydrogen) atoms. The van der Waals surface area contributed by atoms with E-state index in [1.165, 1.54) is 12.2 Å². The number of amides is 2. The van der Waals surface area contributed by atoms with Gasteiger partial charge in [-0.05, 0) is 12.2 Å². The number of aliphatic hydroxyl groups is 2. The van der Waals surface area contributed by atoms with Gasteiger partial charge in [-0.1, -0.05) is 0 Å². The number of hydrogen-bond acceptors (Lipinski definition) is 9. The Balaban J connectivity index is 2.02. The van der Waals surface area contributed by atoms with E-state index in [0.29, 0.717) is 0 Å². The zero-order valence-corrected chi connectivity index (χ0v) is 13.1. The number of hydrogen-bond donors (Lipinski definition) is 3. The lowest BCUT2D eigenvalue weighted by Crippen LogP contribution is -2.45. The number of imide groups is 1.